The molecule has 2 rings (SSSR count). The molecular formula is C13H17Cl2NO2. The largest absolute Gasteiger partial charge is 0.391 e. The van der Waals surface area contributed by atoms with Crippen LogP contribution in [0.15, 0.2) is 18.2 Å². The Balaban J connectivity index is 1.92. The van der Waals surface area contributed by atoms with Gasteiger partial charge in [0, 0.05) is 36.1 Å². The maximum atomic E-state index is 10.1. The molecule has 1 aliphatic heterocycles. The van der Waals surface area contributed by atoms with E-state index in [2.05, 4.69) is 4.90 Å². The number of morpholine rings is 1. The number of hydrogen-bond donors (Lipinski definition) is 1. The molecule has 0 aromatic heterocycles. The van der Waals surface area contributed by atoms with E-state index in [1.165, 1.54) is 0 Å². The molecule has 0 saturated carbocycles. The number of ether oxygens (including phenoxy) is 1. The Morgan fingerprint density at radius 3 is 2.44 bits per heavy atom. The normalized spacial score (nSPS) is 18.8. The Labute approximate surface area is 117 Å². The van der Waals surface area contributed by atoms with Crippen LogP contribution in [-0.4, -0.2) is 49.0 Å². The molecule has 5 heteroatoms. The first-order valence-electron chi connectivity index (χ1n) is 6.08. The molecule has 1 saturated heterocycles. The van der Waals surface area contributed by atoms with Gasteiger partial charge in [0.1, 0.15) is 0 Å². The van der Waals surface area contributed by atoms with Gasteiger partial charge in [-0.1, -0.05) is 29.3 Å². The summed E-state index contributed by atoms with van der Waals surface area (Å²) in [6, 6.07) is 5.40. The zero-order valence-electron chi connectivity index (χ0n) is 10.1. The number of halogens is 2. The summed E-state index contributed by atoms with van der Waals surface area (Å²) in [4.78, 5) is 2.19. The van der Waals surface area contributed by atoms with Gasteiger partial charge in [0.2, 0.25) is 0 Å². The lowest BCUT2D eigenvalue weighted by Gasteiger charge is -2.28. The van der Waals surface area contributed by atoms with Gasteiger partial charge >= 0.3 is 0 Å². The van der Waals surface area contributed by atoms with E-state index < -0.39 is 6.10 Å². The minimum absolute atomic E-state index is 0.458. The van der Waals surface area contributed by atoms with Gasteiger partial charge in [0.25, 0.3) is 0 Å². The van der Waals surface area contributed by atoms with Crippen molar-refractivity contribution < 1.29 is 9.84 Å². The third-order valence-electron chi connectivity index (χ3n) is 3.07. The van der Waals surface area contributed by atoms with Crippen molar-refractivity contribution in [2.24, 2.45) is 0 Å². The van der Waals surface area contributed by atoms with Gasteiger partial charge in [-0.2, -0.15) is 0 Å². The summed E-state index contributed by atoms with van der Waals surface area (Å²) in [6.45, 7) is 3.84. The predicted molar refractivity (Wildman–Crippen MR) is 73.4 cm³/mol. The molecule has 1 aromatic rings. The van der Waals surface area contributed by atoms with Crippen molar-refractivity contribution in [3.63, 3.8) is 0 Å². The lowest BCUT2D eigenvalue weighted by Crippen LogP contribution is -2.41. The van der Waals surface area contributed by atoms with Crippen LogP contribution in [0.2, 0.25) is 10.0 Å². The molecule has 1 fully saturated rings. The smallest absolute Gasteiger partial charge is 0.0708 e. The number of aliphatic hydroxyl groups excluding tert-OH is 1. The summed E-state index contributed by atoms with van der Waals surface area (Å²) in [7, 11) is 0. The van der Waals surface area contributed by atoms with Crippen LogP contribution >= 0.6 is 23.2 Å². The van der Waals surface area contributed by atoms with Crippen molar-refractivity contribution in [3.8, 4) is 0 Å². The second kappa shape index (κ2) is 6.73. The zero-order valence-corrected chi connectivity index (χ0v) is 11.6. The molecular weight excluding hydrogens is 273 g/mol. The van der Waals surface area contributed by atoms with E-state index in [1.807, 2.05) is 6.07 Å². The van der Waals surface area contributed by atoms with Crippen molar-refractivity contribution >= 4 is 23.2 Å². The summed E-state index contributed by atoms with van der Waals surface area (Å²) in [5.74, 6) is 0. The number of benzene rings is 1. The molecule has 0 unspecified atom stereocenters. The Bertz CT molecular complexity index is 374. The van der Waals surface area contributed by atoms with Gasteiger partial charge < -0.3 is 9.84 Å². The summed E-state index contributed by atoms with van der Waals surface area (Å²) in [6.07, 6.45) is 0.0241. The highest BCUT2D eigenvalue weighted by Gasteiger charge is 2.17. The van der Waals surface area contributed by atoms with E-state index in [9.17, 15) is 5.11 Å². The maximum absolute atomic E-state index is 10.1. The van der Waals surface area contributed by atoms with E-state index in [1.54, 1.807) is 12.1 Å². The fourth-order valence-corrected chi connectivity index (χ4v) is 2.66. The SMILES string of the molecule is O[C@@H](Cc1c(Cl)cccc1Cl)CN1CCOCC1. The highest BCUT2D eigenvalue weighted by molar-refractivity contribution is 6.35. The zero-order chi connectivity index (χ0) is 13.0. The van der Waals surface area contributed by atoms with E-state index in [-0.39, 0.29) is 0 Å². The summed E-state index contributed by atoms with van der Waals surface area (Å²) in [5, 5.41) is 11.3. The van der Waals surface area contributed by atoms with Crippen molar-refractivity contribution in [1.29, 1.82) is 0 Å². The first-order valence-corrected chi connectivity index (χ1v) is 6.83. The summed E-state index contributed by atoms with van der Waals surface area (Å²) in [5.41, 5.74) is 0.821. The van der Waals surface area contributed by atoms with Crippen LogP contribution in [0.25, 0.3) is 0 Å². The molecule has 18 heavy (non-hydrogen) atoms. The molecule has 3 nitrogen and oxygen atoms in total. The third-order valence-corrected chi connectivity index (χ3v) is 3.78. The average molecular weight is 290 g/mol. The molecule has 1 N–H and O–H groups in total. The third kappa shape index (κ3) is 3.84. The molecule has 0 aliphatic carbocycles. The van der Waals surface area contributed by atoms with E-state index >= 15 is 0 Å². The van der Waals surface area contributed by atoms with Crippen LogP contribution in [0.4, 0.5) is 0 Å². The maximum Gasteiger partial charge on any atom is 0.0708 e. The van der Waals surface area contributed by atoms with Crippen LogP contribution in [0.5, 0.6) is 0 Å². The molecule has 1 aliphatic rings. The van der Waals surface area contributed by atoms with Gasteiger partial charge in [-0.25, -0.2) is 0 Å². The van der Waals surface area contributed by atoms with Crippen molar-refractivity contribution in [3.05, 3.63) is 33.8 Å². The van der Waals surface area contributed by atoms with Crippen LogP contribution in [0.1, 0.15) is 5.56 Å². The van der Waals surface area contributed by atoms with Crippen LogP contribution in [-0.2, 0) is 11.2 Å². The quantitative estimate of drug-likeness (QED) is 0.923. The van der Waals surface area contributed by atoms with Crippen LogP contribution < -0.4 is 0 Å². The summed E-state index contributed by atoms with van der Waals surface area (Å²) < 4.78 is 5.27. The second-order valence-corrected chi connectivity index (χ2v) is 5.29. The highest BCUT2D eigenvalue weighted by Crippen LogP contribution is 2.25. The number of β-amino-alcohol motifs (C(OH)–C–C–N with tert-alkyl or cyclic N) is 1. The van der Waals surface area contributed by atoms with Crippen LogP contribution in [0, 0.1) is 0 Å². The van der Waals surface area contributed by atoms with E-state index in [0.717, 1.165) is 31.9 Å². The van der Waals surface area contributed by atoms with E-state index in [0.29, 0.717) is 23.0 Å². The van der Waals surface area contributed by atoms with Crippen molar-refractivity contribution in [2.75, 3.05) is 32.8 Å². The molecule has 0 bridgehead atoms. The summed E-state index contributed by atoms with van der Waals surface area (Å²) >= 11 is 12.2. The van der Waals surface area contributed by atoms with Crippen molar-refractivity contribution in [1.82, 2.24) is 4.90 Å². The van der Waals surface area contributed by atoms with Gasteiger partial charge in [0.05, 0.1) is 19.3 Å². The van der Waals surface area contributed by atoms with Gasteiger partial charge in [0.15, 0.2) is 0 Å². The lowest BCUT2D eigenvalue weighted by molar-refractivity contribution is 0.0149. The molecule has 0 amide bonds. The standard InChI is InChI=1S/C13H17Cl2NO2/c14-12-2-1-3-13(15)11(12)8-10(17)9-16-4-6-18-7-5-16/h1-3,10,17H,4-9H2/t10-/m0/s1. The Morgan fingerprint density at radius 1 is 1.22 bits per heavy atom. The fourth-order valence-electron chi connectivity index (χ4n) is 2.11. The number of hydrogen-bond acceptors (Lipinski definition) is 3. The minimum Gasteiger partial charge on any atom is -0.391 e. The van der Waals surface area contributed by atoms with Gasteiger partial charge in [-0.15, -0.1) is 0 Å². The first-order chi connectivity index (χ1) is 8.66. The second-order valence-electron chi connectivity index (χ2n) is 4.47. The monoisotopic (exact) mass is 289 g/mol. The first kappa shape index (κ1) is 14.1. The number of rotatable bonds is 4. The van der Waals surface area contributed by atoms with Gasteiger partial charge in [-0.05, 0) is 17.7 Å². The molecule has 0 spiro atoms. The van der Waals surface area contributed by atoms with Crippen LogP contribution in [0.3, 0.4) is 0 Å². The minimum atomic E-state index is -0.458. The van der Waals surface area contributed by atoms with Crippen molar-refractivity contribution in [2.45, 2.75) is 12.5 Å². The fraction of sp³-hybridized carbons (Fsp3) is 0.538. The predicted octanol–water partition coefficient (Wildman–Crippen LogP) is 2.23. The number of aliphatic hydroxyl groups is 1. The topological polar surface area (TPSA) is 32.7 Å². The average Bonchev–Trinajstić information content (AvgIpc) is 2.35. The molecule has 1 aromatic carbocycles. The molecule has 0 radical (unpaired) electrons. The Hall–Kier alpha value is -0.320. The van der Waals surface area contributed by atoms with E-state index in [4.69, 9.17) is 27.9 Å². The highest BCUT2D eigenvalue weighted by atomic mass is 35.5. The Kier molecular flexibility index (Phi) is 5.27. The molecule has 100 valence electrons. The number of nitrogens with zero attached hydrogens (tertiary/aromatic N) is 1. The lowest BCUT2D eigenvalue weighted by atomic mass is 10.1. The molecule has 1 atom stereocenters. The van der Waals surface area contributed by atoms with Gasteiger partial charge in [-0.3, -0.25) is 4.90 Å². The molecule has 1 heterocycles. The Morgan fingerprint density at radius 2 is 1.83 bits per heavy atom.